The summed E-state index contributed by atoms with van der Waals surface area (Å²) in [5.41, 5.74) is 15.1. The summed E-state index contributed by atoms with van der Waals surface area (Å²) in [7, 11) is 0. The lowest BCUT2D eigenvalue weighted by molar-refractivity contribution is 1.26. The average Bonchev–Trinajstić information content (AvgIpc) is 3.52. The van der Waals surface area contributed by atoms with Crippen LogP contribution >= 0.6 is 0 Å². The first-order chi connectivity index (χ1) is 20.3. The van der Waals surface area contributed by atoms with Crippen LogP contribution in [0.25, 0.3) is 98.9 Å². The van der Waals surface area contributed by atoms with Gasteiger partial charge in [0.25, 0.3) is 0 Å². The Morgan fingerprint density at radius 3 is 1.61 bits per heavy atom. The van der Waals surface area contributed by atoms with Crippen molar-refractivity contribution in [1.82, 2.24) is 4.98 Å². The molecule has 0 radical (unpaired) electrons. The maximum atomic E-state index is 5.21. The molecule has 188 valence electrons. The Kier molecular flexibility index (Phi) is 3.92. The Balaban J connectivity index is 1.37. The second-order valence-electron chi connectivity index (χ2n) is 11.5. The van der Waals surface area contributed by atoms with E-state index >= 15 is 0 Å². The summed E-state index contributed by atoms with van der Waals surface area (Å²) >= 11 is 0. The molecule has 0 fully saturated rings. The molecule has 10 rings (SSSR count). The minimum absolute atomic E-state index is 1.05. The number of pyridine rings is 1. The van der Waals surface area contributed by atoms with Gasteiger partial charge >= 0.3 is 0 Å². The number of hydrogen-bond acceptors (Lipinski definition) is 1. The van der Waals surface area contributed by atoms with Crippen LogP contribution in [0.5, 0.6) is 0 Å². The fourth-order valence-electron chi connectivity index (χ4n) is 7.75. The van der Waals surface area contributed by atoms with Gasteiger partial charge in [0.15, 0.2) is 0 Å². The Hall–Kier alpha value is -5.27. The molecule has 1 heterocycles. The van der Waals surface area contributed by atoms with Gasteiger partial charge in [-0.3, -0.25) is 4.98 Å². The molecule has 7 aromatic carbocycles. The number of benzene rings is 7. The van der Waals surface area contributed by atoms with Crippen molar-refractivity contribution < 1.29 is 0 Å². The molecule has 2 aliphatic carbocycles. The first-order valence-electron chi connectivity index (χ1n) is 14.3. The third-order valence-electron chi connectivity index (χ3n) is 9.39. The molecular weight excluding hydrogens is 494 g/mol. The van der Waals surface area contributed by atoms with E-state index in [1.807, 2.05) is 0 Å². The largest absolute Gasteiger partial charge is 0.252 e. The molecule has 1 nitrogen and oxygen atoms in total. The van der Waals surface area contributed by atoms with E-state index in [0.717, 1.165) is 11.2 Å². The topological polar surface area (TPSA) is 12.9 Å². The van der Waals surface area contributed by atoms with Crippen LogP contribution in [0.1, 0.15) is 5.69 Å². The molecule has 1 aromatic heterocycles. The summed E-state index contributed by atoms with van der Waals surface area (Å²) < 4.78 is 0. The lowest BCUT2D eigenvalue weighted by Crippen LogP contribution is -1.92. The molecule has 0 spiro atoms. The zero-order valence-corrected chi connectivity index (χ0v) is 22.5. The highest BCUT2D eigenvalue weighted by Gasteiger charge is 2.26. The monoisotopic (exact) mass is 517 g/mol. The highest BCUT2D eigenvalue weighted by atomic mass is 14.7. The molecule has 8 aromatic rings. The number of fused-ring (bicyclic) bond motifs is 10. The number of aromatic nitrogens is 1. The van der Waals surface area contributed by atoms with Crippen LogP contribution in [0.15, 0.2) is 121 Å². The van der Waals surface area contributed by atoms with E-state index in [1.165, 1.54) is 93.3 Å². The van der Waals surface area contributed by atoms with Crippen molar-refractivity contribution in [2.45, 2.75) is 6.92 Å². The van der Waals surface area contributed by atoms with Crippen LogP contribution in [0, 0.1) is 6.92 Å². The first kappa shape index (κ1) is 21.5. The zero-order chi connectivity index (χ0) is 26.8. The third-order valence-corrected chi connectivity index (χ3v) is 9.39. The Labute approximate surface area is 237 Å². The SMILES string of the molecule is Cc1cc2c3c(ccc(-c4cc5c6cccc7c6c(cc5c5ccccc45)-c4ccccc4-7)c3n1)-c1ccccc1-2. The smallest absolute Gasteiger partial charge is 0.0796 e. The van der Waals surface area contributed by atoms with Crippen LogP contribution in [-0.4, -0.2) is 4.98 Å². The van der Waals surface area contributed by atoms with Crippen LogP contribution in [0.3, 0.4) is 0 Å². The fourth-order valence-corrected chi connectivity index (χ4v) is 7.75. The van der Waals surface area contributed by atoms with Crippen molar-refractivity contribution in [2.75, 3.05) is 0 Å². The van der Waals surface area contributed by atoms with Gasteiger partial charge in [-0.1, -0.05) is 103 Å². The Bertz CT molecular complexity index is 2480. The van der Waals surface area contributed by atoms with Crippen molar-refractivity contribution in [3.63, 3.8) is 0 Å². The van der Waals surface area contributed by atoms with E-state index in [0.29, 0.717) is 0 Å². The molecule has 0 amide bonds. The van der Waals surface area contributed by atoms with E-state index < -0.39 is 0 Å². The van der Waals surface area contributed by atoms with E-state index in [1.54, 1.807) is 0 Å². The Morgan fingerprint density at radius 1 is 0.341 bits per heavy atom. The van der Waals surface area contributed by atoms with Crippen molar-refractivity contribution in [1.29, 1.82) is 0 Å². The molecular formula is C40H23N. The highest BCUT2D eigenvalue weighted by molar-refractivity contribution is 6.29. The average molecular weight is 518 g/mol. The van der Waals surface area contributed by atoms with Gasteiger partial charge < -0.3 is 0 Å². The van der Waals surface area contributed by atoms with Crippen molar-refractivity contribution >= 4 is 43.2 Å². The number of nitrogens with zero attached hydrogens (tertiary/aromatic N) is 1. The summed E-state index contributed by atoms with van der Waals surface area (Å²) in [5, 5.41) is 9.13. The van der Waals surface area contributed by atoms with E-state index in [-0.39, 0.29) is 0 Å². The van der Waals surface area contributed by atoms with Gasteiger partial charge in [-0.05, 0) is 108 Å². The van der Waals surface area contributed by atoms with E-state index in [9.17, 15) is 0 Å². The van der Waals surface area contributed by atoms with Gasteiger partial charge in [-0.15, -0.1) is 0 Å². The van der Waals surface area contributed by atoms with Gasteiger partial charge in [-0.25, -0.2) is 0 Å². The Morgan fingerprint density at radius 2 is 0.854 bits per heavy atom. The number of rotatable bonds is 1. The molecule has 0 unspecified atom stereocenters. The summed E-state index contributed by atoms with van der Waals surface area (Å²) in [4.78, 5) is 5.21. The normalized spacial score (nSPS) is 12.5. The van der Waals surface area contributed by atoms with Crippen LogP contribution in [0.2, 0.25) is 0 Å². The first-order valence-corrected chi connectivity index (χ1v) is 14.3. The van der Waals surface area contributed by atoms with Gasteiger partial charge in [0, 0.05) is 16.6 Å². The van der Waals surface area contributed by atoms with E-state index in [2.05, 4.69) is 128 Å². The predicted molar refractivity (Wildman–Crippen MR) is 173 cm³/mol. The standard InChI is InChI=1S/C40H23N/c1-22-19-36-27-13-6-3-10-24(27)31-17-18-32(40(41-22)39(31)36)33-20-35-30-16-8-15-29-23-9-2-7-14-28(23)37(38(29)30)21-34(35)26-12-5-4-11-25(26)33/h2-21H,1H3. The van der Waals surface area contributed by atoms with Gasteiger partial charge in [-0.2, -0.15) is 0 Å². The minimum Gasteiger partial charge on any atom is -0.252 e. The summed E-state index contributed by atoms with van der Waals surface area (Å²) in [6, 6.07) is 45.1. The molecule has 0 aliphatic heterocycles. The third kappa shape index (κ3) is 2.64. The van der Waals surface area contributed by atoms with Crippen molar-refractivity contribution in [3.8, 4) is 55.6 Å². The molecule has 0 saturated carbocycles. The van der Waals surface area contributed by atoms with Crippen LogP contribution < -0.4 is 0 Å². The zero-order valence-electron chi connectivity index (χ0n) is 22.5. The quantitative estimate of drug-likeness (QED) is 0.197. The fraction of sp³-hybridized carbons (Fsp3) is 0.0250. The van der Waals surface area contributed by atoms with Crippen molar-refractivity contribution in [2.24, 2.45) is 0 Å². The molecule has 0 saturated heterocycles. The lowest BCUT2D eigenvalue weighted by Gasteiger charge is -2.16. The van der Waals surface area contributed by atoms with Gasteiger partial charge in [0.2, 0.25) is 0 Å². The molecule has 0 bridgehead atoms. The minimum atomic E-state index is 1.05. The second-order valence-corrected chi connectivity index (χ2v) is 11.5. The van der Waals surface area contributed by atoms with Gasteiger partial charge in [0.05, 0.1) is 5.52 Å². The second kappa shape index (κ2) is 7.47. The molecule has 0 N–H and O–H groups in total. The predicted octanol–water partition coefficient (Wildman–Crippen LogP) is 11.0. The highest BCUT2D eigenvalue weighted by Crippen LogP contribution is 2.52. The van der Waals surface area contributed by atoms with Gasteiger partial charge in [0.1, 0.15) is 0 Å². The summed E-state index contributed by atoms with van der Waals surface area (Å²) in [6.45, 7) is 2.12. The maximum absolute atomic E-state index is 5.21. The summed E-state index contributed by atoms with van der Waals surface area (Å²) in [6.07, 6.45) is 0. The number of aryl methyl sites for hydroxylation is 1. The van der Waals surface area contributed by atoms with E-state index in [4.69, 9.17) is 4.98 Å². The number of hydrogen-bond donors (Lipinski definition) is 0. The molecule has 41 heavy (non-hydrogen) atoms. The maximum Gasteiger partial charge on any atom is 0.0796 e. The molecule has 2 aliphatic rings. The lowest BCUT2D eigenvalue weighted by atomic mass is 9.88. The van der Waals surface area contributed by atoms with Crippen LogP contribution in [0.4, 0.5) is 0 Å². The van der Waals surface area contributed by atoms with Crippen molar-refractivity contribution in [3.05, 3.63) is 127 Å². The van der Waals surface area contributed by atoms with Crippen LogP contribution in [-0.2, 0) is 0 Å². The molecule has 1 heteroatoms. The summed E-state index contributed by atoms with van der Waals surface area (Å²) in [5.74, 6) is 0. The molecule has 0 atom stereocenters.